The lowest BCUT2D eigenvalue weighted by Gasteiger charge is -2.15. The number of amides is 1. The average Bonchev–Trinajstić information content (AvgIpc) is 2.45. The smallest absolute Gasteiger partial charge is 0.328 e. The molecule has 0 saturated heterocycles. The third kappa shape index (κ3) is 5.40. The standard InChI is InChI=1S/C15H21NO4/c1-11(12-6-4-3-5-7-12)8-9-14(17)16-13(10-20-2)15(18)19/h3-7,11,13H,8-10H2,1-2H3,(H,16,17)(H,18,19). The first-order valence-electron chi connectivity index (χ1n) is 6.60. The summed E-state index contributed by atoms with van der Waals surface area (Å²) in [5, 5.41) is 11.4. The molecule has 1 amide bonds. The zero-order valence-corrected chi connectivity index (χ0v) is 11.8. The Morgan fingerprint density at radius 3 is 2.50 bits per heavy atom. The molecule has 0 fully saturated rings. The van der Waals surface area contributed by atoms with Crippen LogP contribution in [0.15, 0.2) is 30.3 Å². The summed E-state index contributed by atoms with van der Waals surface area (Å²) in [5.74, 6) is -1.10. The highest BCUT2D eigenvalue weighted by atomic mass is 16.5. The van der Waals surface area contributed by atoms with Crippen LogP contribution in [-0.4, -0.2) is 36.7 Å². The number of benzene rings is 1. The van der Waals surface area contributed by atoms with Crippen LogP contribution < -0.4 is 5.32 Å². The third-order valence-electron chi connectivity index (χ3n) is 3.14. The number of carboxylic acids is 1. The maximum atomic E-state index is 11.7. The van der Waals surface area contributed by atoms with Gasteiger partial charge in [0, 0.05) is 13.5 Å². The summed E-state index contributed by atoms with van der Waals surface area (Å²) in [6.45, 7) is 2.02. The summed E-state index contributed by atoms with van der Waals surface area (Å²) in [5.41, 5.74) is 1.17. The Bertz CT molecular complexity index is 433. The number of hydrogen-bond donors (Lipinski definition) is 2. The van der Waals surface area contributed by atoms with Crippen molar-refractivity contribution >= 4 is 11.9 Å². The molecule has 0 aliphatic carbocycles. The minimum atomic E-state index is -1.09. The first-order valence-corrected chi connectivity index (χ1v) is 6.60. The third-order valence-corrected chi connectivity index (χ3v) is 3.14. The summed E-state index contributed by atoms with van der Waals surface area (Å²) in [7, 11) is 1.40. The molecule has 0 aliphatic heterocycles. The Hall–Kier alpha value is -1.88. The largest absolute Gasteiger partial charge is 0.480 e. The van der Waals surface area contributed by atoms with E-state index in [1.807, 2.05) is 37.3 Å². The lowest BCUT2D eigenvalue weighted by atomic mass is 9.96. The van der Waals surface area contributed by atoms with Crippen molar-refractivity contribution in [1.29, 1.82) is 0 Å². The predicted molar refractivity (Wildman–Crippen MR) is 75.5 cm³/mol. The molecule has 2 N–H and O–H groups in total. The highest BCUT2D eigenvalue weighted by Gasteiger charge is 2.19. The van der Waals surface area contributed by atoms with E-state index in [0.29, 0.717) is 12.8 Å². The van der Waals surface area contributed by atoms with Crippen LogP contribution in [0.5, 0.6) is 0 Å². The minimum Gasteiger partial charge on any atom is -0.480 e. The molecule has 5 heteroatoms. The summed E-state index contributed by atoms with van der Waals surface area (Å²) < 4.78 is 4.77. The van der Waals surface area contributed by atoms with Gasteiger partial charge >= 0.3 is 5.97 Å². The van der Waals surface area contributed by atoms with Gasteiger partial charge in [0.2, 0.25) is 5.91 Å². The zero-order chi connectivity index (χ0) is 15.0. The van der Waals surface area contributed by atoms with E-state index in [4.69, 9.17) is 9.84 Å². The monoisotopic (exact) mass is 279 g/mol. The summed E-state index contributed by atoms with van der Waals surface area (Å²) in [6, 6.07) is 8.93. The average molecular weight is 279 g/mol. The molecule has 1 rings (SSSR count). The van der Waals surface area contributed by atoms with Gasteiger partial charge in [0.1, 0.15) is 0 Å². The molecule has 0 saturated carbocycles. The SMILES string of the molecule is COCC(NC(=O)CCC(C)c1ccccc1)C(=O)O. The molecular weight excluding hydrogens is 258 g/mol. The van der Waals surface area contributed by atoms with Gasteiger partial charge < -0.3 is 15.2 Å². The topological polar surface area (TPSA) is 75.6 Å². The van der Waals surface area contributed by atoms with Gasteiger partial charge in [0.15, 0.2) is 6.04 Å². The van der Waals surface area contributed by atoms with E-state index >= 15 is 0 Å². The molecule has 0 aromatic heterocycles. The highest BCUT2D eigenvalue weighted by Crippen LogP contribution is 2.19. The summed E-state index contributed by atoms with van der Waals surface area (Å²) in [6.07, 6.45) is 0.971. The van der Waals surface area contributed by atoms with Gasteiger partial charge in [-0.1, -0.05) is 37.3 Å². The van der Waals surface area contributed by atoms with Gasteiger partial charge in [-0.3, -0.25) is 4.79 Å². The lowest BCUT2D eigenvalue weighted by molar-refractivity contribution is -0.143. The van der Waals surface area contributed by atoms with Crippen molar-refractivity contribution in [1.82, 2.24) is 5.32 Å². The molecule has 0 bridgehead atoms. The zero-order valence-electron chi connectivity index (χ0n) is 11.8. The van der Waals surface area contributed by atoms with E-state index in [1.165, 1.54) is 12.7 Å². The van der Waals surface area contributed by atoms with Crippen LogP contribution in [0, 0.1) is 0 Å². The van der Waals surface area contributed by atoms with E-state index in [1.54, 1.807) is 0 Å². The summed E-state index contributed by atoms with van der Waals surface area (Å²) >= 11 is 0. The molecular formula is C15H21NO4. The molecule has 0 heterocycles. The quantitative estimate of drug-likeness (QED) is 0.760. The predicted octanol–water partition coefficient (Wildman–Crippen LogP) is 1.79. The molecule has 5 nitrogen and oxygen atoms in total. The maximum Gasteiger partial charge on any atom is 0.328 e. The van der Waals surface area contributed by atoms with Crippen molar-refractivity contribution in [2.75, 3.05) is 13.7 Å². The Kier molecular flexibility index (Phi) is 6.73. The molecule has 1 aromatic rings. The normalized spacial score (nSPS) is 13.5. The van der Waals surface area contributed by atoms with Crippen molar-refractivity contribution < 1.29 is 19.4 Å². The van der Waals surface area contributed by atoms with E-state index in [0.717, 1.165) is 0 Å². The number of rotatable bonds is 8. The Balaban J connectivity index is 2.41. The first kappa shape index (κ1) is 16.2. The van der Waals surface area contributed by atoms with Crippen LogP contribution in [0.25, 0.3) is 0 Å². The Labute approximate surface area is 118 Å². The van der Waals surface area contributed by atoms with Crippen molar-refractivity contribution in [2.24, 2.45) is 0 Å². The number of aliphatic carboxylic acids is 1. The Morgan fingerprint density at radius 1 is 1.30 bits per heavy atom. The number of ether oxygens (including phenoxy) is 1. The van der Waals surface area contributed by atoms with E-state index in [9.17, 15) is 9.59 Å². The molecule has 0 aliphatic rings. The van der Waals surface area contributed by atoms with Gasteiger partial charge in [0.05, 0.1) is 6.61 Å². The minimum absolute atomic E-state index is 0.0324. The first-order chi connectivity index (χ1) is 9.54. The van der Waals surface area contributed by atoms with Crippen LogP contribution in [-0.2, 0) is 14.3 Å². The van der Waals surface area contributed by atoms with Crippen LogP contribution in [0.3, 0.4) is 0 Å². The van der Waals surface area contributed by atoms with E-state index < -0.39 is 12.0 Å². The molecule has 2 unspecified atom stereocenters. The fourth-order valence-corrected chi connectivity index (χ4v) is 1.90. The molecule has 0 radical (unpaired) electrons. The van der Waals surface area contributed by atoms with Gasteiger partial charge in [0.25, 0.3) is 0 Å². The second kappa shape index (κ2) is 8.32. The number of carbonyl (C=O) groups is 2. The highest BCUT2D eigenvalue weighted by molar-refractivity contribution is 5.83. The molecule has 0 spiro atoms. The number of carboxylic acid groups (broad SMARTS) is 1. The Morgan fingerprint density at radius 2 is 1.95 bits per heavy atom. The molecule has 2 atom stereocenters. The fraction of sp³-hybridized carbons (Fsp3) is 0.467. The fourth-order valence-electron chi connectivity index (χ4n) is 1.90. The number of carbonyl (C=O) groups excluding carboxylic acids is 1. The second-order valence-corrected chi connectivity index (χ2v) is 4.76. The molecule has 110 valence electrons. The number of hydrogen-bond acceptors (Lipinski definition) is 3. The molecule has 20 heavy (non-hydrogen) atoms. The van der Waals surface area contributed by atoms with Crippen LogP contribution in [0.2, 0.25) is 0 Å². The maximum absolute atomic E-state index is 11.7. The van der Waals surface area contributed by atoms with Gasteiger partial charge in [-0.05, 0) is 17.9 Å². The number of methoxy groups -OCH3 is 1. The lowest BCUT2D eigenvalue weighted by Crippen LogP contribution is -2.43. The van der Waals surface area contributed by atoms with Gasteiger partial charge in [-0.15, -0.1) is 0 Å². The van der Waals surface area contributed by atoms with Crippen molar-refractivity contribution in [3.05, 3.63) is 35.9 Å². The van der Waals surface area contributed by atoms with Gasteiger partial charge in [-0.25, -0.2) is 4.79 Å². The van der Waals surface area contributed by atoms with Crippen molar-refractivity contribution in [3.8, 4) is 0 Å². The van der Waals surface area contributed by atoms with Crippen LogP contribution >= 0.6 is 0 Å². The van der Waals surface area contributed by atoms with Crippen LogP contribution in [0.4, 0.5) is 0 Å². The van der Waals surface area contributed by atoms with Crippen LogP contribution in [0.1, 0.15) is 31.2 Å². The van der Waals surface area contributed by atoms with Crippen molar-refractivity contribution in [3.63, 3.8) is 0 Å². The van der Waals surface area contributed by atoms with E-state index in [2.05, 4.69) is 5.32 Å². The summed E-state index contributed by atoms with van der Waals surface area (Å²) in [4.78, 5) is 22.6. The van der Waals surface area contributed by atoms with Crippen molar-refractivity contribution in [2.45, 2.75) is 31.7 Å². The van der Waals surface area contributed by atoms with Gasteiger partial charge in [-0.2, -0.15) is 0 Å². The van der Waals surface area contributed by atoms with E-state index in [-0.39, 0.29) is 18.4 Å². The number of nitrogens with one attached hydrogen (secondary N) is 1. The molecule has 1 aromatic carbocycles. The second-order valence-electron chi connectivity index (χ2n) is 4.76.